The van der Waals surface area contributed by atoms with E-state index in [0.29, 0.717) is 0 Å². The van der Waals surface area contributed by atoms with Crippen molar-refractivity contribution in [2.45, 2.75) is 38.5 Å². The van der Waals surface area contributed by atoms with Gasteiger partial charge in [-0.15, -0.1) is 0 Å². The molecule has 2 aliphatic carbocycles. The lowest BCUT2D eigenvalue weighted by atomic mass is 9.82. The minimum absolute atomic E-state index is 0.0705. The second-order valence-electron chi connectivity index (χ2n) is 36.7. The van der Waals surface area contributed by atoms with E-state index in [9.17, 15) is 0 Å². The van der Waals surface area contributed by atoms with Crippen molar-refractivity contribution >= 4 is 152 Å². The Bertz CT molecular complexity index is 9260. The molecule has 4 nitrogen and oxygen atoms in total. The molecular weight excluding hydrogens is 1580 g/mol. The van der Waals surface area contributed by atoms with Gasteiger partial charge in [0.05, 0.1) is 0 Å². The zero-order chi connectivity index (χ0) is 85.9. The number of furan rings is 4. The van der Waals surface area contributed by atoms with E-state index in [-0.39, 0.29) is 10.8 Å². The summed E-state index contributed by atoms with van der Waals surface area (Å²) in [5, 5.41) is 24.0. The monoisotopic (exact) mass is 1660 g/mol. The van der Waals surface area contributed by atoms with Gasteiger partial charge in [0, 0.05) is 53.9 Å². The van der Waals surface area contributed by atoms with Crippen molar-refractivity contribution in [3.05, 3.63) is 435 Å². The van der Waals surface area contributed by atoms with E-state index in [1.165, 1.54) is 198 Å². The van der Waals surface area contributed by atoms with Crippen molar-refractivity contribution in [1.29, 1.82) is 0 Å². The van der Waals surface area contributed by atoms with Crippen LogP contribution >= 0.6 is 0 Å². The Morgan fingerprint density at radius 1 is 0.138 bits per heavy atom. The average molecular weight is 1660 g/mol. The van der Waals surface area contributed by atoms with Crippen molar-refractivity contribution in [2.24, 2.45) is 0 Å². The summed E-state index contributed by atoms with van der Waals surface area (Å²) in [4.78, 5) is 0. The molecule has 2 aliphatic rings. The zero-order valence-electron chi connectivity index (χ0n) is 71.9. The fraction of sp³-hybridized carbons (Fsp3) is 0.0476. The van der Waals surface area contributed by atoms with Gasteiger partial charge in [0.1, 0.15) is 44.7 Å². The van der Waals surface area contributed by atoms with Crippen LogP contribution in [0.15, 0.2) is 430 Å². The maximum atomic E-state index is 6.56. The highest BCUT2D eigenvalue weighted by Crippen LogP contribution is 2.56. The normalized spacial score (nSPS) is 13.2. The van der Waals surface area contributed by atoms with Crippen LogP contribution in [0.25, 0.3) is 264 Å². The van der Waals surface area contributed by atoms with E-state index in [2.05, 4.69) is 416 Å². The summed E-state index contributed by atoms with van der Waals surface area (Å²) < 4.78 is 25.4. The molecule has 0 atom stereocenters. The largest absolute Gasteiger partial charge is 0.456 e. The molecule has 0 bridgehead atoms. The van der Waals surface area contributed by atoms with Gasteiger partial charge in [-0.25, -0.2) is 0 Å². The first-order chi connectivity index (χ1) is 63.9. The first kappa shape index (κ1) is 73.9. The Labute approximate surface area is 749 Å². The van der Waals surface area contributed by atoms with E-state index < -0.39 is 0 Å². The Morgan fingerprint density at radius 2 is 0.369 bits per heavy atom. The van der Waals surface area contributed by atoms with Crippen LogP contribution in [0.5, 0.6) is 0 Å². The van der Waals surface area contributed by atoms with Gasteiger partial charge in [0.2, 0.25) is 0 Å². The van der Waals surface area contributed by atoms with E-state index >= 15 is 0 Å². The molecule has 0 spiro atoms. The molecule has 0 radical (unpaired) electrons. The molecule has 0 saturated carbocycles. The number of benzene rings is 22. The molecule has 26 aromatic rings. The molecular formula is C126H80O4. The highest BCUT2D eigenvalue weighted by molar-refractivity contribution is 6.25. The SMILES string of the molecule is CC1(C)c2ccc(-c3ccc4oc5ccc(-c6c7ccccc7c(-c7ccc(-c8ccc9oc%10ccccc%10c9c8)cc7)c7ccccc67)cc5c4c3)cc2-c2c1ccc1ccccc21.CC1(C)c2ccc(-c3ccc4oc5ccc(-c6c7ccccc7c(-c7cccc(-c8ccc9oc%10ccccc%10c9c8)c7)c7ccccc67)cc5c4c3)cc2-c2c1ccc1ccccc21. The van der Waals surface area contributed by atoms with Crippen molar-refractivity contribution in [2.75, 3.05) is 0 Å². The van der Waals surface area contributed by atoms with Gasteiger partial charge < -0.3 is 17.7 Å². The Kier molecular flexibility index (Phi) is 15.9. The molecule has 608 valence electrons. The summed E-state index contributed by atoms with van der Waals surface area (Å²) in [6.45, 7) is 9.43. The average Bonchev–Trinajstić information content (AvgIpc) is 1.55. The minimum Gasteiger partial charge on any atom is -0.456 e. The zero-order valence-corrected chi connectivity index (χ0v) is 71.9. The predicted molar refractivity (Wildman–Crippen MR) is 546 cm³/mol. The van der Waals surface area contributed by atoms with Gasteiger partial charge in [-0.1, -0.05) is 337 Å². The molecule has 4 heterocycles. The van der Waals surface area contributed by atoms with Crippen LogP contribution < -0.4 is 0 Å². The number of hydrogen-bond acceptors (Lipinski definition) is 4. The molecule has 22 aromatic carbocycles. The minimum atomic E-state index is -0.0721. The topological polar surface area (TPSA) is 52.6 Å². The van der Waals surface area contributed by atoms with Gasteiger partial charge in [-0.2, -0.15) is 0 Å². The lowest BCUT2D eigenvalue weighted by Gasteiger charge is -2.21. The van der Waals surface area contributed by atoms with E-state index in [1.807, 2.05) is 24.3 Å². The van der Waals surface area contributed by atoms with Crippen molar-refractivity contribution < 1.29 is 17.7 Å². The summed E-state index contributed by atoms with van der Waals surface area (Å²) in [7, 11) is 0. The standard InChI is InChI=1S/2C63H40O2/c1-63(2)54-27-23-39(35-53(54)62-44-15-4-3-12-37(44)22-28-55(62)63)41-25-30-58-51(34-41)52-36-43(26-31-59(52)65-58)61-48-19-7-5-17-46(48)60(47-18-6-8-20-49(47)61)42-14-11-13-38(32-42)40-24-29-57-50(33-40)45-16-9-10-21-56(45)64-57;1-63(2)54-28-24-41(35-53(54)62-44-12-4-3-11-38(44)23-29-55(62)63)42-26-31-58-51(34-42)52-36-43(27-32-59(52)65-58)61-48-16-7-5-14-46(48)60(47-15-6-8-17-49(47)61)39-21-19-37(20-22-39)40-25-30-57-50(33-40)45-13-9-10-18-56(45)64-57/h2*3-36H,1-2H3. The Balaban J connectivity index is 0.000000134. The molecule has 4 heteroatoms. The fourth-order valence-electron chi connectivity index (χ4n) is 22.6. The summed E-state index contributed by atoms with van der Waals surface area (Å²) in [6, 6.07) is 151. The number of rotatable bonds is 8. The van der Waals surface area contributed by atoms with Gasteiger partial charge in [-0.3, -0.25) is 0 Å². The molecule has 0 saturated heterocycles. The van der Waals surface area contributed by atoms with E-state index in [1.54, 1.807) is 0 Å². The van der Waals surface area contributed by atoms with Crippen LogP contribution in [0.1, 0.15) is 49.9 Å². The lowest BCUT2D eigenvalue weighted by Crippen LogP contribution is -2.14. The first-order valence-corrected chi connectivity index (χ1v) is 45.1. The third-order valence-corrected chi connectivity index (χ3v) is 28.9. The first-order valence-electron chi connectivity index (χ1n) is 45.1. The maximum absolute atomic E-state index is 6.56. The molecule has 0 unspecified atom stereocenters. The number of fused-ring (bicyclic) bond motifs is 26. The third-order valence-electron chi connectivity index (χ3n) is 28.9. The molecule has 0 aliphatic heterocycles. The second-order valence-corrected chi connectivity index (χ2v) is 36.7. The van der Waals surface area contributed by atoms with Crippen LogP contribution in [-0.2, 0) is 10.8 Å². The maximum Gasteiger partial charge on any atom is 0.135 e. The lowest BCUT2D eigenvalue weighted by molar-refractivity contribution is 0.661. The fourth-order valence-corrected chi connectivity index (χ4v) is 22.6. The predicted octanol–water partition coefficient (Wildman–Crippen LogP) is 35.8. The Morgan fingerprint density at radius 3 is 0.738 bits per heavy atom. The summed E-state index contributed by atoms with van der Waals surface area (Å²) >= 11 is 0. The van der Waals surface area contributed by atoms with Gasteiger partial charge in [-0.05, 0) is 301 Å². The smallest absolute Gasteiger partial charge is 0.135 e. The highest BCUT2D eigenvalue weighted by atomic mass is 16.3. The van der Waals surface area contributed by atoms with E-state index in [4.69, 9.17) is 17.7 Å². The van der Waals surface area contributed by atoms with Crippen molar-refractivity contribution in [1.82, 2.24) is 0 Å². The number of para-hydroxylation sites is 2. The van der Waals surface area contributed by atoms with Gasteiger partial charge >= 0.3 is 0 Å². The second kappa shape index (κ2) is 28.0. The molecule has 0 amide bonds. The highest BCUT2D eigenvalue weighted by Gasteiger charge is 2.39. The third kappa shape index (κ3) is 11.2. The van der Waals surface area contributed by atoms with Crippen molar-refractivity contribution in [3.63, 3.8) is 0 Å². The molecule has 130 heavy (non-hydrogen) atoms. The van der Waals surface area contributed by atoms with Crippen molar-refractivity contribution in [3.8, 4) is 111 Å². The molecule has 0 fully saturated rings. The summed E-state index contributed by atoms with van der Waals surface area (Å²) in [6.07, 6.45) is 0. The van der Waals surface area contributed by atoms with Crippen LogP contribution in [0.3, 0.4) is 0 Å². The van der Waals surface area contributed by atoms with E-state index in [0.717, 1.165) is 87.8 Å². The van der Waals surface area contributed by atoms with Gasteiger partial charge in [0.25, 0.3) is 0 Å². The van der Waals surface area contributed by atoms with Crippen LogP contribution in [-0.4, -0.2) is 0 Å². The summed E-state index contributed by atoms with van der Waals surface area (Å²) in [5.41, 5.74) is 37.2. The van der Waals surface area contributed by atoms with Crippen LogP contribution in [0.2, 0.25) is 0 Å². The molecule has 28 rings (SSSR count). The van der Waals surface area contributed by atoms with Gasteiger partial charge in [0.15, 0.2) is 0 Å². The quantitative estimate of drug-likeness (QED) is 0.142. The van der Waals surface area contributed by atoms with Crippen LogP contribution in [0.4, 0.5) is 0 Å². The molecule has 0 N–H and O–H groups in total. The Hall–Kier alpha value is -16.4. The number of hydrogen-bond donors (Lipinski definition) is 0. The summed E-state index contributed by atoms with van der Waals surface area (Å²) in [5.74, 6) is 0. The van der Waals surface area contributed by atoms with Crippen LogP contribution in [0, 0.1) is 0 Å². The molecule has 4 aromatic heterocycles.